The first-order chi connectivity index (χ1) is 22.6. The number of carbonyl (C=O) groups is 3. The third kappa shape index (κ3) is 9.94. The third-order valence-electron chi connectivity index (χ3n) is 8.64. The number of carbonyl (C=O) groups excluding carboxylic acids is 3. The van der Waals surface area contributed by atoms with Crippen molar-refractivity contribution in [3.8, 4) is 0 Å². The molecular formula is C33H38Cl2F6N4O4. The molecule has 16 heteroatoms. The average molecular weight is 740 g/mol. The van der Waals surface area contributed by atoms with Gasteiger partial charge in [-0.05, 0) is 75.9 Å². The summed E-state index contributed by atoms with van der Waals surface area (Å²) in [7, 11) is 1.31. The molecule has 0 aliphatic carbocycles. The predicted molar refractivity (Wildman–Crippen MR) is 172 cm³/mol. The van der Waals surface area contributed by atoms with Crippen LogP contribution in [0.15, 0.2) is 36.4 Å². The Balaban J connectivity index is 1.49. The summed E-state index contributed by atoms with van der Waals surface area (Å²) in [6.45, 7) is 6.55. The first kappa shape index (κ1) is 38.6. The van der Waals surface area contributed by atoms with Crippen LogP contribution >= 0.6 is 23.2 Å². The summed E-state index contributed by atoms with van der Waals surface area (Å²) in [5, 5.41) is 3.70. The van der Waals surface area contributed by atoms with Crippen molar-refractivity contribution < 1.29 is 45.5 Å². The van der Waals surface area contributed by atoms with E-state index in [4.69, 9.17) is 27.9 Å². The van der Waals surface area contributed by atoms with Crippen LogP contribution in [0.2, 0.25) is 10.0 Å². The number of hydrogen-bond acceptors (Lipinski definition) is 5. The molecule has 3 amide bonds. The summed E-state index contributed by atoms with van der Waals surface area (Å²) >= 11 is 12.4. The van der Waals surface area contributed by atoms with Crippen molar-refractivity contribution >= 4 is 41.1 Å². The van der Waals surface area contributed by atoms with Gasteiger partial charge in [0.1, 0.15) is 5.60 Å². The lowest BCUT2D eigenvalue weighted by Gasteiger charge is -2.43. The molecule has 0 spiro atoms. The second-order valence-corrected chi connectivity index (χ2v) is 14.1. The summed E-state index contributed by atoms with van der Waals surface area (Å²) in [4.78, 5) is 43.7. The number of nitrogens with one attached hydrogen (secondary N) is 1. The van der Waals surface area contributed by atoms with Gasteiger partial charge in [0, 0.05) is 56.8 Å². The number of piperidine rings is 2. The Labute approximate surface area is 290 Å². The normalized spacial score (nSPS) is 19.5. The number of ether oxygens (including phenoxy) is 1. The zero-order chi connectivity index (χ0) is 36.5. The van der Waals surface area contributed by atoms with Gasteiger partial charge in [-0.1, -0.05) is 29.3 Å². The van der Waals surface area contributed by atoms with Crippen molar-refractivity contribution in [1.82, 2.24) is 20.0 Å². The maximum absolute atomic E-state index is 13.5. The summed E-state index contributed by atoms with van der Waals surface area (Å²) in [5.41, 5.74) is -3.98. The number of alkyl halides is 6. The molecule has 8 nitrogen and oxygen atoms in total. The second kappa shape index (κ2) is 14.9. The van der Waals surface area contributed by atoms with Crippen LogP contribution in [-0.2, 0) is 21.9 Å². The zero-order valence-corrected chi connectivity index (χ0v) is 28.9. The maximum atomic E-state index is 13.5. The maximum Gasteiger partial charge on any atom is 0.416 e. The van der Waals surface area contributed by atoms with Gasteiger partial charge in [0.05, 0.1) is 27.7 Å². The molecule has 4 rings (SSSR count). The summed E-state index contributed by atoms with van der Waals surface area (Å²) in [6.07, 6.45) is -9.23. The van der Waals surface area contributed by atoms with E-state index in [0.29, 0.717) is 43.6 Å². The Morgan fingerprint density at radius 1 is 0.857 bits per heavy atom. The van der Waals surface area contributed by atoms with Crippen LogP contribution in [0.5, 0.6) is 0 Å². The highest BCUT2D eigenvalue weighted by atomic mass is 35.5. The predicted octanol–water partition coefficient (Wildman–Crippen LogP) is 7.48. The molecule has 2 aliphatic rings. The molecule has 2 saturated heterocycles. The molecule has 0 bridgehead atoms. The molecule has 2 heterocycles. The zero-order valence-electron chi connectivity index (χ0n) is 27.4. The summed E-state index contributed by atoms with van der Waals surface area (Å²) in [6, 6.07) is 4.79. The van der Waals surface area contributed by atoms with Crippen LogP contribution in [-0.4, -0.2) is 90.1 Å². The minimum Gasteiger partial charge on any atom is -0.444 e. The number of likely N-dealkylation sites (tertiary alicyclic amines) is 2. The number of likely N-dealkylation sites (N-methyl/N-ethyl adjacent to an activating group) is 1. The Morgan fingerprint density at radius 3 is 1.96 bits per heavy atom. The molecular weight excluding hydrogens is 701 g/mol. The lowest BCUT2D eigenvalue weighted by atomic mass is 9.84. The van der Waals surface area contributed by atoms with Gasteiger partial charge in [0.2, 0.25) is 5.91 Å². The monoisotopic (exact) mass is 738 g/mol. The molecule has 0 unspecified atom stereocenters. The lowest BCUT2D eigenvalue weighted by molar-refractivity contribution is -0.143. The minimum absolute atomic E-state index is 0.00487. The van der Waals surface area contributed by atoms with Gasteiger partial charge in [0.15, 0.2) is 0 Å². The van der Waals surface area contributed by atoms with Crippen molar-refractivity contribution in [2.24, 2.45) is 0 Å². The molecule has 2 aromatic rings. The van der Waals surface area contributed by atoms with E-state index in [1.165, 1.54) is 13.1 Å². The molecule has 2 atom stereocenters. The summed E-state index contributed by atoms with van der Waals surface area (Å²) in [5.74, 6) is -1.88. The van der Waals surface area contributed by atoms with Gasteiger partial charge in [-0.25, -0.2) is 4.79 Å². The number of amides is 3. The Kier molecular flexibility index (Phi) is 11.8. The van der Waals surface area contributed by atoms with E-state index in [2.05, 4.69) is 5.32 Å². The van der Waals surface area contributed by atoms with Gasteiger partial charge in [-0.2, -0.15) is 26.3 Å². The molecule has 0 aromatic heterocycles. The average Bonchev–Trinajstić information content (AvgIpc) is 3.02. The molecule has 2 aromatic carbocycles. The van der Waals surface area contributed by atoms with Gasteiger partial charge >= 0.3 is 18.4 Å². The molecule has 0 saturated carbocycles. The van der Waals surface area contributed by atoms with Crippen LogP contribution in [0, 0.1) is 0 Å². The fourth-order valence-electron chi connectivity index (χ4n) is 6.07. The Hall–Kier alpha value is -3.23. The van der Waals surface area contributed by atoms with E-state index in [-0.39, 0.29) is 54.1 Å². The molecule has 49 heavy (non-hydrogen) atoms. The van der Waals surface area contributed by atoms with Gasteiger partial charge < -0.3 is 24.8 Å². The fraction of sp³-hybridized carbons (Fsp3) is 0.545. The Bertz CT molecular complexity index is 1510. The molecule has 270 valence electrons. The highest BCUT2D eigenvalue weighted by molar-refractivity contribution is 6.42. The number of benzene rings is 2. The van der Waals surface area contributed by atoms with E-state index in [9.17, 15) is 40.7 Å². The van der Waals surface area contributed by atoms with Crippen molar-refractivity contribution in [1.29, 1.82) is 0 Å². The molecule has 2 fully saturated rings. The van der Waals surface area contributed by atoms with E-state index in [1.807, 2.05) is 0 Å². The van der Waals surface area contributed by atoms with E-state index < -0.39 is 58.6 Å². The van der Waals surface area contributed by atoms with Crippen LogP contribution in [0.1, 0.15) is 73.0 Å². The van der Waals surface area contributed by atoms with Crippen LogP contribution in [0.25, 0.3) is 0 Å². The van der Waals surface area contributed by atoms with Gasteiger partial charge in [-0.3, -0.25) is 9.59 Å². The highest BCUT2D eigenvalue weighted by Gasteiger charge is 2.40. The lowest BCUT2D eigenvalue weighted by Crippen LogP contribution is -2.54. The van der Waals surface area contributed by atoms with E-state index >= 15 is 0 Å². The smallest absolute Gasteiger partial charge is 0.416 e. The second-order valence-electron chi connectivity index (χ2n) is 13.3. The van der Waals surface area contributed by atoms with Crippen molar-refractivity contribution in [2.75, 3.05) is 39.8 Å². The first-order valence-corrected chi connectivity index (χ1v) is 16.4. The largest absolute Gasteiger partial charge is 0.444 e. The van der Waals surface area contributed by atoms with E-state index in [0.717, 1.165) is 4.90 Å². The topological polar surface area (TPSA) is 82.2 Å². The summed E-state index contributed by atoms with van der Waals surface area (Å²) < 4.78 is 86.6. The number of halogens is 8. The van der Waals surface area contributed by atoms with E-state index in [1.54, 1.807) is 42.7 Å². The quantitative estimate of drug-likeness (QED) is 0.311. The van der Waals surface area contributed by atoms with Crippen molar-refractivity contribution in [3.05, 3.63) is 68.7 Å². The Morgan fingerprint density at radius 2 is 1.43 bits per heavy atom. The van der Waals surface area contributed by atoms with Crippen molar-refractivity contribution in [3.63, 3.8) is 0 Å². The fourth-order valence-corrected chi connectivity index (χ4v) is 6.38. The number of hydrogen-bond donors (Lipinski definition) is 1. The third-order valence-corrected chi connectivity index (χ3v) is 9.38. The highest BCUT2D eigenvalue weighted by Crippen LogP contribution is 2.38. The minimum atomic E-state index is -5.12. The van der Waals surface area contributed by atoms with Gasteiger partial charge in [0.25, 0.3) is 5.91 Å². The molecule has 2 aliphatic heterocycles. The molecule has 0 radical (unpaired) electrons. The van der Waals surface area contributed by atoms with Gasteiger partial charge in [-0.15, -0.1) is 0 Å². The van der Waals surface area contributed by atoms with Crippen LogP contribution < -0.4 is 5.32 Å². The SMILES string of the molecule is CN(C(=O)c1cc(C(F)(F)F)cc(C(F)(F)F)c1)[C@@H]1CCN(C(=O)CNC2CCN(C(=O)OC(C)(C)C)CC2)C[C@H]1c1ccc(Cl)c(Cl)c1. The first-order valence-electron chi connectivity index (χ1n) is 15.6. The standard InChI is InChI=1S/C33H38Cl2F6N4O4/c1-31(2,3)49-30(48)44-10-7-23(8-11-44)42-17-28(46)45-12-9-27(24(18-45)19-5-6-25(34)26(35)15-19)43(4)29(47)20-13-21(32(36,37)38)16-22(14-20)33(39,40)41/h5-6,13-16,23-24,27,42H,7-12,17-18H2,1-4H3/t24-,27+/m0/s1. The van der Waals surface area contributed by atoms with Crippen LogP contribution in [0.4, 0.5) is 31.1 Å². The molecule has 1 N–H and O–H groups in total. The number of nitrogens with zero attached hydrogens (tertiary/aromatic N) is 3. The van der Waals surface area contributed by atoms with Crippen molar-refractivity contribution in [2.45, 2.75) is 76.0 Å². The van der Waals surface area contributed by atoms with Crippen LogP contribution in [0.3, 0.4) is 0 Å². The number of rotatable bonds is 6.